The fraction of sp³-hybridized carbons (Fsp3) is 0.389. The van der Waals surface area contributed by atoms with Gasteiger partial charge in [-0.05, 0) is 43.0 Å². The summed E-state index contributed by atoms with van der Waals surface area (Å²) in [5.41, 5.74) is 1.21. The van der Waals surface area contributed by atoms with E-state index >= 15 is 0 Å². The quantitative estimate of drug-likeness (QED) is 0.643. The highest BCUT2D eigenvalue weighted by atomic mass is 32.2. The second-order valence-electron chi connectivity index (χ2n) is 7.16. The first-order valence-corrected chi connectivity index (χ1v) is 10.3. The second-order valence-corrected chi connectivity index (χ2v) is 8.87. The zero-order chi connectivity index (χ0) is 20.5. The third-order valence-electron chi connectivity index (χ3n) is 4.21. The molecule has 2 heterocycles. The molecule has 1 aromatic carbocycles. The lowest BCUT2D eigenvalue weighted by Gasteiger charge is -2.19. The normalized spacial score (nSPS) is 14.6. The summed E-state index contributed by atoms with van der Waals surface area (Å²) in [5, 5.41) is 8.92. The molecule has 1 aliphatic heterocycles. The number of benzene rings is 1. The molecule has 0 saturated carbocycles. The molecule has 0 bridgehead atoms. The molecule has 1 aromatic heterocycles. The number of nitrogens with one attached hydrogen (secondary N) is 3. The van der Waals surface area contributed by atoms with Gasteiger partial charge in [-0.2, -0.15) is 4.72 Å². The van der Waals surface area contributed by atoms with Crippen LogP contribution < -0.4 is 15.4 Å². The third-order valence-corrected chi connectivity index (χ3v) is 5.68. The summed E-state index contributed by atoms with van der Waals surface area (Å²) in [6.45, 7) is 5.47. The number of aromatic nitrogens is 1. The Morgan fingerprint density at radius 1 is 1.32 bits per heavy atom. The topological polar surface area (TPSA) is 130 Å². The monoisotopic (exact) mass is 406 g/mol. The van der Waals surface area contributed by atoms with Crippen LogP contribution in [0.1, 0.15) is 31.6 Å². The van der Waals surface area contributed by atoms with Gasteiger partial charge in [-0.3, -0.25) is 9.59 Å². The van der Waals surface area contributed by atoms with E-state index in [-0.39, 0.29) is 29.0 Å². The Kier molecular flexibility index (Phi) is 5.52. The molecule has 150 valence electrons. The molecule has 2 amide bonds. The smallest absolute Gasteiger partial charge is 0.243 e. The summed E-state index contributed by atoms with van der Waals surface area (Å²) in [4.78, 5) is 24.1. The highest BCUT2D eigenvalue weighted by Gasteiger charge is 2.28. The fourth-order valence-corrected chi connectivity index (χ4v) is 4.21. The molecule has 0 spiro atoms. The Hall–Kier alpha value is -2.72. The molecule has 3 rings (SSSR count). The molecule has 0 aliphatic carbocycles. The lowest BCUT2D eigenvalue weighted by atomic mass is 10.0. The average Bonchev–Trinajstić information content (AvgIpc) is 3.17. The molecule has 0 saturated heterocycles. The summed E-state index contributed by atoms with van der Waals surface area (Å²) < 4.78 is 33.0. The van der Waals surface area contributed by atoms with Crippen LogP contribution in [0.15, 0.2) is 33.7 Å². The van der Waals surface area contributed by atoms with Crippen LogP contribution in [0, 0.1) is 12.8 Å². The first-order chi connectivity index (χ1) is 13.1. The van der Waals surface area contributed by atoms with Gasteiger partial charge in [0, 0.05) is 11.8 Å². The molecule has 9 nitrogen and oxygen atoms in total. The molecule has 1 aliphatic rings. The van der Waals surface area contributed by atoms with Crippen LogP contribution in [0.5, 0.6) is 0 Å². The van der Waals surface area contributed by atoms with Crippen molar-refractivity contribution in [3.8, 4) is 0 Å². The van der Waals surface area contributed by atoms with Gasteiger partial charge in [-0.1, -0.05) is 19.0 Å². The van der Waals surface area contributed by atoms with Crippen LogP contribution in [0.4, 0.5) is 11.5 Å². The van der Waals surface area contributed by atoms with Crippen molar-refractivity contribution in [1.82, 2.24) is 9.88 Å². The number of hydrogen-bond donors (Lipinski definition) is 3. The summed E-state index contributed by atoms with van der Waals surface area (Å²) >= 11 is 0. The number of sulfonamides is 1. The number of aryl methyl sites for hydroxylation is 1. The number of carbonyl (C=O) groups is 2. The van der Waals surface area contributed by atoms with E-state index in [1.54, 1.807) is 19.1 Å². The molecule has 1 atom stereocenters. The van der Waals surface area contributed by atoms with Crippen molar-refractivity contribution in [2.24, 2.45) is 5.92 Å². The summed E-state index contributed by atoms with van der Waals surface area (Å²) in [6.07, 6.45) is 0.424. The molecule has 10 heteroatoms. The zero-order valence-corrected chi connectivity index (χ0v) is 16.6. The van der Waals surface area contributed by atoms with Crippen molar-refractivity contribution in [2.75, 3.05) is 10.6 Å². The molecule has 2 aromatic rings. The summed E-state index contributed by atoms with van der Waals surface area (Å²) in [5.74, 6) is 0.107. The van der Waals surface area contributed by atoms with Crippen molar-refractivity contribution in [3.05, 3.63) is 35.6 Å². The van der Waals surface area contributed by atoms with Crippen molar-refractivity contribution in [3.63, 3.8) is 0 Å². The number of rotatable bonds is 7. The Morgan fingerprint density at radius 2 is 2.07 bits per heavy atom. The van der Waals surface area contributed by atoms with Crippen LogP contribution in [0.2, 0.25) is 0 Å². The van der Waals surface area contributed by atoms with Gasteiger partial charge in [0.15, 0.2) is 5.82 Å². The third kappa shape index (κ3) is 4.57. The summed E-state index contributed by atoms with van der Waals surface area (Å²) in [6, 6.07) is 4.95. The maximum Gasteiger partial charge on any atom is 0.243 e. The predicted octanol–water partition coefficient (Wildman–Crippen LogP) is 1.81. The van der Waals surface area contributed by atoms with Gasteiger partial charge in [0.05, 0.1) is 11.3 Å². The van der Waals surface area contributed by atoms with Crippen molar-refractivity contribution in [1.29, 1.82) is 0 Å². The average molecular weight is 406 g/mol. The lowest BCUT2D eigenvalue weighted by molar-refractivity contribution is -0.118. The van der Waals surface area contributed by atoms with E-state index in [4.69, 9.17) is 4.52 Å². The number of nitrogens with zero attached hydrogens (tertiary/aromatic N) is 1. The van der Waals surface area contributed by atoms with Crippen molar-refractivity contribution < 1.29 is 22.5 Å². The molecule has 28 heavy (non-hydrogen) atoms. The van der Waals surface area contributed by atoms with Crippen LogP contribution in [0.3, 0.4) is 0 Å². The number of fused-ring (bicyclic) bond motifs is 1. The molecule has 0 fully saturated rings. The van der Waals surface area contributed by atoms with Gasteiger partial charge in [-0.25, -0.2) is 8.42 Å². The predicted molar refractivity (Wildman–Crippen MR) is 102 cm³/mol. The Balaban J connectivity index is 1.80. The maximum absolute atomic E-state index is 12.8. The standard InChI is InChI=1S/C18H22N4O5S/c1-10(2)6-15(18(24)20-16-7-11(3)27-21-16)22-28(25,26)13-4-5-14-12(8-13)9-17(23)19-14/h4-5,7-8,10,15,22H,6,9H2,1-3H3,(H,19,23)(H,20,21,24)/t15-/m0/s1. The van der Waals surface area contributed by atoms with Crippen LogP contribution in [0.25, 0.3) is 0 Å². The fourth-order valence-electron chi connectivity index (χ4n) is 2.95. The molecule has 0 unspecified atom stereocenters. The largest absolute Gasteiger partial charge is 0.360 e. The number of carbonyl (C=O) groups excluding carboxylic acids is 2. The SMILES string of the molecule is Cc1cc(NC(=O)[C@H](CC(C)C)NS(=O)(=O)c2ccc3c(c2)CC(=O)N3)no1. The molecular weight excluding hydrogens is 384 g/mol. The van der Waals surface area contributed by atoms with Crippen molar-refractivity contribution in [2.45, 2.75) is 44.6 Å². The molecule has 0 radical (unpaired) electrons. The number of hydrogen-bond acceptors (Lipinski definition) is 6. The highest BCUT2D eigenvalue weighted by molar-refractivity contribution is 7.89. The zero-order valence-electron chi connectivity index (χ0n) is 15.8. The summed E-state index contributed by atoms with van der Waals surface area (Å²) in [7, 11) is -3.97. The minimum Gasteiger partial charge on any atom is -0.360 e. The maximum atomic E-state index is 12.8. The van der Waals surface area contributed by atoms with Crippen LogP contribution in [-0.2, 0) is 26.0 Å². The van der Waals surface area contributed by atoms with E-state index in [1.807, 2.05) is 13.8 Å². The first-order valence-electron chi connectivity index (χ1n) is 8.83. The Morgan fingerprint density at radius 3 is 2.71 bits per heavy atom. The van der Waals surface area contributed by atoms with E-state index in [0.717, 1.165) is 0 Å². The Labute approximate surface area is 162 Å². The molecular formula is C18H22N4O5S. The minimum atomic E-state index is -3.97. The lowest BCUT2D eigenvalue weighted by Crippen LogP contribution is -2.44. The van der Waals surface area contributed by atoms with Gasteiger partial charge in [-0.15, -0.1) is 0 Å². The first kappa shape index (κ1) is 20.0. The van der Waals surface area contributed by atoms with Crippen LogP contribution in [-0.4, -0.2) is 31.4 Å². The minimum absolute atomic E-state index is 0.00147. The van der Waals surface area contributed by atoms with E-state index in [2.05, 4.69) is 20.5 Å². The Bertz CT molecular complexity index is 1010. The highest BCUT2D eigenvalue weighted by Crippen LogP contribution is 2.26. The van der Waals surface area contributed by atoms with E-state index < -0.39 is 22.0 Å². The molecule has 3 N–H and O–H groups in total. The second kappa shape index (κ2) is 7.72. The number of amides is 2. The van der Waals surface area contributed by atoms with Gasteiger partial charge < -0.3 is 15.2 Å². The van der Waals surface area contributed by atoms with E-state index in [1.165, 1.54) is 12.1 Å². The number of anilines is 2. The van der Waals surface area contributed by atoms with Crippen molar-refractivity contribution >= 4 is 33.3 Å². The van der Waals surface area contributed by atoms with Gasteiger partial charge in [0.25, 0.3) is 0 Å². The van der Waals surface area contributed by atoms with Crippen LogP contribution >= 0.6 is 0 Å². The van der Waals surface area contributed by atoms with Gasteiger partial charge in [0.1, 0.15) is 11.8 Å². The van der Waals surface area contributed by atoms with E-state index in [0.29, 0.717) is 23.4 Å². The van der Waals surface area contributed by atoms with Gasteiger partial charge >= 0.3 is 0 Å². The van der Waals surface area contributed by atoms with Gasteiger partial charge in [0.2, 0.25) is 21.8 Å². The van der Waals surface area contributed by atoms with E-state index in [9.17, 15) is 18.0 Å².